The van der Waals surface area contributed by atoms with Crippen molar-refractivity contribution < 1.29 is 9.72 Å². The van der Waals surface area contributed by atoms with Gasteiger partial charge in [0.25, 0.3) is 5.91 Å². The average molecular weight is 300 g/mol. The maximum Gasteiger partial charge on any atom is 0.323 e. The molecular weight excluding hydrogens is 282 g/mol. The van der Waals surface area contributed by atoms with Gasteiger partial charge >= 0.3 is 5.82 Å². The van der Waals surface area contributed by atoms with E-state index < -0.39 is 4.92 Å². The Bertz CT molecular complexity index is 515. The number of nitro groups is 1. The number of aromatic nitrogens is 1. The van der Waals surface area contributed by atoms with Gasteiger partial charge in [-0.3, -0.25) is 4.79 Å². The monoisotopic (exact) mass is 299 g/mol. The highest BCUT2D eigenvalue weighted by Crippen LogP contribution is 2.32. The summed E-state index contributed by atoms with van der Waals surface area (Å²) >= 11 is 5.91. The lowest BCUT2D eigenvalue weighted by Crippen LogP contribution is -2.32. The standard InChI is InChI=1S/C13H18ClN3O3/c1-16-11(5-6-12(16)17(19)20)13(18)15-8-10-4-2-3-9(10)7-14/h5-6,9-10H,2-4,7-8H2,1H3,(H,15,18). The van der Waals surface area contributed by atoms with E-state index in [-0.39, 0.29) is 11.7 Å². The Morgan fingerprint density at radius 1 is 1.50 bits per heavy atom. The molecule has 2 unspecified atom stereocenters. The van der Waals surface area contributed by atoms with E-state index in [1.807, 2.05) is 0 Å². The van der Waals surface area contributed by atoms with Gasteiger partial charge in [0.15, 0.2) is 5.69 Å². The minimum absolute atomic E-state index is 0.0883. The number of nitrogens with one attached hydrogen (secondary N) is 1. The molecule has 1 heterocycles. The van der Waals surface area contributed by atoms with Crippen molar-refractivity contribution in [3.05, 3.63) is 27.9 Å². The summed E-state index contributed by atoms with van der Waals surface area (Å²) in [5.41, 5.74) is 0.303. The zero-order valence-corrected chi connectivity index (χ0v) is 12.1. The van der Waals surface area contributed by atoms with E-state index in [1.165, 1.54) is 23.7 Å². The molecule has 1 N–H and O–H groups in total. The smallest absolute Gasteiger partial charge is 0.323 e. The van der Waals surface area contributed by atoms with Crippen LogP contribution in [-0.2, 0) is 7.05 Å². The fourth-order valence-corrected chi connectivity index (χ4v) is 3.22. The van der Waals surface area contributed by atoms with Crippen molar-refractivity contribution in [2.75, 3.05) is 12.4 Å². The molecule has 0 radical (unpaired) electrons. The third kappa shape index (κ3) is 2.95. The van der Waals surface area contributed by atoms with Gasteiger partial charge in [-0.05, 0) is 35.7 Å². The van der Waals surface area contributed by atoms with Crippen molar-refractivity contribution in [1.82, 2.24) is 9.88 Å². The van der Waals surface area contributed by atoms with Crippen LogP contribution in [0.25, 0.3) is 0 Å². The number of rotatable bonds is 5. The van der Waals surface area contributed by atoms with Gasteiger partial charge in [0.1, 0.15) is 0 Å². The third-order valence-electron chi connectivity index (χ3n) is 4.05. The number of hydrogen-bond donors (Lipinski definition) is 1. The van der Waals surface area contributed by atoms with Crippen LogP contribution in [-0.4, -0.2) is 27.8 Å². The van der Waals surface area contributed by atoms with Gasteiger partial charge in [0.05, 0.1) is 7.05 Å². The maximum absolute atomic E-state index is 12.1. The van der Waals surface area contributed by atoms with Crippen molar-refractivity contribution in [3.8, 4) is 0 Å². The molecule has 1 aromatic heterocycles. The molecule has 1 fully saturated rings. The molecule has 110 valence electrons. The minimum Gasteiger partial charge on any atom is -0.358 e. The molecule has 0 spiro atoms. The van der Waals surface area contributed by atoms with Crippen molar-refractivity contribution in [2.24, 2.45) is 18.9 Å². The largest absolute Gasteiger partial charge is 0.358 e. The van der Waals surface area contributed by atoms with E-state index in [0.29, 0.717) is 30.0 Å². The van der Waals surface area contributed by atoms with Gasteiger partial charge in [-0.25, -0.2) is 4.57 Å². The Morgan fingerprint density at radius 3 is 2.80 bits per heavy atom. The quantitative estimate of drug-likeness (QED) is 0.515. The molecule has 0 saturated heterocycles. The predicted molar refractivity (Wildman–Crippen MR) is 76.0 cm³/mol. The molecule has 6 nitrogen and oxygen atoms in total. The summed E-state index contributed by atoms with van der Waals surface area (Å²) in [6.07, 6.45) is 3.33. The SMILES string of the molecule is Cn1c(C(=O)NCC2CCCC2CCl)ccc1[N+](=O)[O-]. The Labute approximate surface area is 122 Å². The molecular formula is C13H18ClN3O3. The number of halogens is 1. The Hall–Kier alpha value is -1.56. The lowest BCUT2D eigenvalue weighted by molar-refractivity contribution is -0.391. The lowest BCUT2D eigenvalue weighted by atomic mass is 9.98. The Kier molecular flexibility index (Phi) is 4.65. The summed E-state index contributed by atoms with van der Waals surface area (Å²) in [6, 6.07) is 2.81. The molecule has 0 bridgehead atoms. The van der Waals surface area contributed by atoms with Crippen LogP contribution in [0.5, 0.6) is 0 Å². The molecule has 1 aromatic rings. The normalized spacial score (nSPS) is 21.9. The summed E-state index contributed by atoms with van der Waals surface area (Å²) in [6.45, 7) is 0.579. The van der Waals surface area contributed by atoms with E-state index >= 15 is 0 Å². The molecule has 0 aliphatic heterocycles. The highest BCUT2D eigenvalue weighted by molar-refractivity contribution is 6.18. The van der Waals surface area contributed by atoms with Crippen LogP contribution in [0.4, 0.5) is 5.82 Å². The second kappa shape index (κ2) is 6.26. The lowest BCUT2D eigenvalue weighted by Gasteiger charge is -2.17. The summed E-state index contributed by atoms with van der Waals surface area (Å²) in [7, 11) is 1.52. The van der Waals surface area contributed by atoms with Crippen LogP contribution < -0.4 is 5.32 Å². The van der Waals surface area contributed by atoms with E-state index in [9.17, 15) is 14.9 Å². The van der Waals surface area contributed by atoms with Gasteiger partial charge in [0.2, 0.25) is 0 Å². The van der Waals surface area contributed by atoms with E-state index in [4.69, 9.17) is 11.6 Å². The zero-order valence-electron chi connectivity index (χ0n) is 11.3. The van der Waals surface area contributed by atoms with Gasteiger partial charge in [-0.2, -0.15) is 0 Å². The minimum atomic E-state index is -0.503. The van der Waals surface area contributed by atoms with Crippen molar-refractivity contribution in [2.45, 2.75) is 19.3 Å². The molecule has 1 aliphatic rings. The summed E-state index contributed by atoms with van der Waals surface area (Å²) in [4.78, 5) is 22.3. The second-order valence-corrected chi connectivity index (χ2v) is 5.52. The number of nitrogens with zero attached hydrogens (tertiary/aromatic N) is 2. The second-order valence-electron chi connectivity index (χ2n) is 5.21. The van der Waals surface area contributed by atoms with Gasteiger partial charge in [-0.15, -0.1) is 11.6 Å². The van der Waals surface area contributed by atoms with E-state index in [0.717, 1.165) is 19.3 Å². The van der Waals surface area contributed by atoms with Crippen LogP contribution in [0.3, 0.4) is 0 Å². The van der Waals surface area contributed by atoms with E-state index in [1.54, 1.807) is 0 Å². The number of amides is 1. The number of alkyl halides is 1. The molecule has 1 saturated carbocycles. The molecule has 2 atom stereocenters. The molecule has 7 heteroatoms. The van der Waals surface area contributed by atoms with Crippen LogP contribution in [0.1, 0.15) is 29.8 Å². The van der Waals surface area contributed by atoms with Crippen LogP contribution in [0.2, 0.25) is 0 Å². The molecule has 2 rings (SSSR count). The summed E-state index contributed by atoms with van der Waals surface area (Å²) < 4.78 is 1.29. The van der Waals surface area contributed by atoms with Crippen molar-refractivity contribution in [1.29, 1.82) is 0 Å². The molecule has 20 heavy (non-hydrogen) atoms. The first-order valence-electron chi connectivity index (χ1n) is 6.69. The predicted octanol–water partition coefficient (Wildman–Crippen LogP) is 2.32. The first-order chi connectivity index (χ1) is 9.54. The van der Waals surface area contributed by atoms with Gasteiger partial charge < -0.3 is 15.4 Å². The summed E-state index contributed by atoms with van der Waals surface area (Å²) in [5.74, 6) is 1.12. The van der Waals surface area contributed by atoms with Gasteiger partial charge in [-0.1, -0.05) is 6.42 Å². The first-order valence-corrected chi connectivity index (χ1v) is 7.22. The highest BCUT2D eigenvalue weighted by Gasteiger charge is 2.28. The molecule has 0 aromatic carbocycles. The van der Waals surface area contributed by atoms with Crippen LogP contribution >= 0.6 is 11.6 Å². The number of hydrogen-bond acceptors (Lipinski definition) is 3. The van der Waals surface area contributed by atoms with Crippen LogP contribution in [0, 0.1) is 22.0 Å². The molecule has 1 aliphatic carbocycles. The van der Waals surface area contributed by atoms with E-state index in [2.05, 4.69) is 5.32 Å². The van der Waals surface area contributed by atoms with Crippen molar-refractivity contribution >= 4 is 23.3 Å². The fourth-order valence-electron chi connectivity index (χ4n) is 2.81. The van der Waals surface area contributed by atoms with Crippen LogP contribution in [0.15, 0.2) is 12.1 Å². The third-order valence-corrected chi connectivity index (χ3v) is 4.45. The number of carbonyl (C=O) groups excluding carboxylic acids is 1. The Balaban J connectivity index is 1.97. The highest BCUT2D eigenvalue weighted by atomic mass is 35.5. The molecule has 1 amide bonds. The summed E-state index contributed by atoms with van der Waals surface area (Å²) in [5, 5.41) is 13.6. The van der Waals surface area contributed by atoms with Gasteiger partial charge in [0, 0.05) is 18.5 Å². The zero-order chi connectivity index (χ0) is 14.7. The fraction of sp³-hybridized carbons (Fsp3) is 0.615. The average Bonchev–Trinajstić information content (AvgIpc) is 3.01. The topological polar surface area (TPSA) is 77.2 Å². The Morgan fingerprint density at radius 2 is 2.20 bits per heavy atom. The number of carbonyl (C=O) groups is 1. The van der Waals surface area contributed by atoms with Crippen molar-refractivity contribution in [3.63, 3.8) is 0 Å². The maximum atomic E-state index is 12.1. The first kappa shape index (κ1) is 14.8.